The molecule has 1 aliphatic rings. The van der Waals surface area contributed by atoms with Crippen LogP contribution < -0.4 is 9.64 Å². The van der Waals surface area contributed by atoms with E-state index in [0.29, 0.717) is 31.0 Å². The third-order valence-electron chi connectivity index (χ3n) is 3.09. The first-order valence-corrected chi connectivity index (χ1v) is 6.45. The van der Waals surface area contributed by atoms with Gasteiger partial charge in [-0.25, -0.2) is 0 Å². The second-order valence-corrected chi connectivity index (χ2v) is 4.48. The maximum absolute atomic E-state index is 12.2. The number of ether oxygens (including phenoxy) is 2. The molecular formula is C14H17NO5. The topological polar surface area (TPSA) is 76.1 Å². The van der Waals surface area contributed by atoms with E-state index in [2.05, 4.69) is 4.74 Å². The molecule has 1 amide bonds. The minimum absolute atomic E-state index is 0.0557. The van der Waals surface area contributed by atoms with Crippen molar-refractivity contribution in [3.05, 3.63) is 18.2 Å². The Morgan fingerprint density at radius 3 is 2.95 bits per heavy atom. The highest BCUT2D eigenvalue weighted by Crippen LogP contribution is 2.34. The molecule has 6 heteroatoms. The van der Waals surface area contributed by atoms with Gasteiger partial charge in [-0.3, -0.25) is 9.59 Å². The van der Waals surface area contributed by atoms with Gasteiger partial charge in [-0.1, -0.05) is 0 Å². The molecular weight excluding hydrogens is 262 g/mol. The van der Waals surface area contributed by atoms with E-state index in [4.69, 9.17) is 4.74 Å². The van der Waals surface area contributed by atoms with Crippen LogP contribution in [0.3, 0.4) is 0 Å². The fraction of sp³-hybridized carbons (Fsp3) is 0.429. The number of nitrogens with zero attached hydrogens (tertiary/aromatic N) is 1. The largest absolute Gasteiger partial charge is 0.508 e. The summed E-state index contributed by atoms with van der Waals surface area (Å²) in [5.41, 5.74) is 0.621. The molecule has 0 aliphatic carbocycles. The van der Waals surface area contributed by atoms with Crippen LogP contribution >= 0.6 is 0 Å². The molecule has 0 spiro atoms. The van der Waals surface area contributed by atoms with Crippen LogP contribution in [0.25, 0.3) is 0 Å². The highest BCUT2D eigenvalue weighted by atomic mass is 16.5. The first-order chi connectivity index (χ1) is 9.61. The zero-order valence-corrected chi connectivity index (χ0v) is 11.3. The molecule has 2 rings (SSSR count). The van der Waals surface area contributed by atoms with Gasteiger partial charge in [0.1, 0.15) is 11.5 Å². The number of rotatable bonds is 3. The molecule has 0 unspecified atom stereocenters. The van der Waals surface area contributed by atoms with E-state index in [1.54, 1.807) is 11.0 Å². The normalized spacial score (nSPS) is 13.9. The van der Waals surface area contributed by atoms with Gasteiger partial charge in [-0.05, 0) is 18.6 Å². The van der Waals surface area contributed by atoms with Crippen molar-refractivity contribution in [1.82, 2.24) is 0 Å². The van der Waals surface area contributed by atoms with Crippen LogP contribution in [-0.2, 0) is 14.3 Å². The summed E-state index contributed by atoms with van der Waals surface area (Å²) in [6.07, 6.45) is 0.840. The van der Waals surface area contributed by atoms with Crippen molar-refractivity contribution in [1.29, 1.82) is 0 Å². The Morgan fingerprint density at radius 1 is 1.40 bits per heavy atom. The van der Waals surface area contributed by atoms with Gasteiger partial charge >= 0.3 is 5.97 Å². The van der Waals surface area contributed by atoms with E-state index < -0.39 is 5.97 Å². The fourth-order valence-electron chi connectivity index (χ4n) is 2.07. The smallest absolute Gasteiger partial charge is 0.306 e. The van der Waals surface area contributed by atoms with Crippen molar-refractivity contribution >= 4 is 17.6 Å². The fourth-order valence-corrected chi connectivity index (χ4v) is 2.07. The van der Waals surface area contributed by atoms with Crippen LogP contribution in [0, 0.1) is 0 Å². The Balaban J connectivity index is 2.15. The lowest BCUT2D eigenvalue weighted by molar-refractivity contribution is -0.141. The first-order valence-electron chi connectivity index (χ1n) is 6.45. The number of methoxy groups -OCH3 is 1. The van der Waals surface area contributed by atoms with Crippen molar-refractivity contribution in [2.24, 2.45) is 0 Å². The summed E-state index contributed by atoms with van der Waals surface area (Å²) in [6, 6.07) is 4.64. The van der Waals surface area contributed by atoms with Crippen LogP contribution in [0.2, 0.25) is 0 Å². The Bertz CT molecular complexity index is 514. The van der Waals surface area contributed by atoms with Crippen LogP contribution in [0.4, 0.5) is 5.69 Å². The number of hydrogen-bond donors (Lipinski definition) is 1. The number of hydrogen-bond acceptors (Lipinski definition) is 5. The summed E-state index contributed by atoms with van der Waals surface area (Å²) < 4.78 is 10.0. The number of phenolic OH excluding ortho intramolecular Hbond substituents is 1. The summed E-state index contributed by atoms with van der Waals surface area (Å²) in [7, 11) is 1.30. The molecule has 1 aromatic carbocycles. The van der Waals surface area contributed by atoms with Gasteiger partial charge in [0.15, 0.2) is 0 Å². The summed E-state index contributed by atoms with van der Waals surface area (Å²) in [6.45, 7) is 1.01. The zero-order valence-electron chi connectivity index (χ0n) is 11.3. The van der Waals surface area contributed by atoms with E-state index in [1.165, 1.54) is 19.2 Å². The lowest BCUT2D eigenvalue weighted by Crippen LogP contribution is -2.31. The Labute approximate surface area is 116 Å². The zero-order chi connectivity index (χ0) is 14.5. The van der Waals surface area contributed by atoms with Crippen LogP contribution in [0.5, 0.6) is 11.5 Å². The SMILES string of the molecule is COC(=O)CCC(=O)N1CCCOc2cc(O)ccc21. The Morgan fingerprint density at radius 2 is 2.20 bits per heavy atom. The summed E-state index contributed by atoms with van der Waals surface area (Å²) in [5, 5.41) is 9.47. The lowest BCUT2D eigenvalue weighted by atomic mass is 10.2. The molecule has 0 fully saturated rings. The van der Waals surface area contributed by atoms with Gasteiger partial charge in [0.05, 0.1) is 25.8 Å². The van der Waals surface area contributed by atoms with E-state index in [0.717, 1.165) is 0 Å². The maximum Gasteiger partial charge on any atom is 0.306 e. The second-order valence-electron chi connectivity index (χ2n) is 4.48. The number of esters is 1. The number of phenols is 1. The molecule has 0 saturated carbocycles. The molecule has 108 valence electrons. The standard InChI is InChI=1S/C14H17NO5/c1-19-14(18)6-5-13(17)15-7-2-8-20-12-9-10(16)3-4-11(12)15/h3-4,9,16H,2,5-8H2,1H3. The monoisotopic (exact) mass is 279 g/mol. The molecule has 6 nitrogen and oxygen atoms in total. The maximum atomic E-state index is 12.2. The van der Waals surface area contributed by atoms with Gasteiger partial charge in [0, 0.05) is 19.0 Å². The highest BCUT2D eigenvalue weighted by molar-refractivity contribution is 5.96. The minimum Gasteiger partial charge on any atom is -0.508 e. The Kier molecular flexibility index (Phi) is 4.45. The van der Waals surface area contributed by atoms with Gasteiger partial charge < -0.3 is 19.5 Å². The number of anilines is 1. The molecule has 20 heavy (non-hydrogen) atoms. The number of carbonyl (C=O) groups is 2. The number of carbonyl (C=O) groups excluding carboxylic acids is 2. The van der Waals surface area contributed by atoms with Gasteiger partial charge in [0.2, 0.25) is 5.91 Å². The second kappa shape index (κ2) is 6.27. The number of aromatic hydroxyl groups is 1. The van der Waals surface area contributed by atoms with E-state index in [-0.39, 0.29) is 24.5 Å². The van der Waals surface area contributed by atoms with Crippen LogP contribution in [-0.4, -0.2) is 37.2 Å². The molecule has 0 atom stereocenters. The van der Waals surface area contributed by atoms with Gasteiger partial charge in [-0.2, -0.15) is 0 Å². The van der Waals surface area contributed by atoms with Crippen LogP contribution in [0.1, 0.15) is 19.3 Å². The van der Waals surface area contributed by atoms with Crippen molar-refractivity contribution in [2.45, 2.75) is 19.3 Å². The average Bonchev–Trinajstić information content (AvgIpc) is 2.66. The Hall–Kier alpha value is -2.24. The minimum atomic E-state index is -0.407. The van der Waals surface area contributed by atoms with Crippen molar-refractivity contribution in [3.8, 4) is 11.5 Å². The average molecular weight is 279 g/mol. The first kappa shape index (κ1) is 14.2. The van der Waals surface area contributed by atoms with Gasteiger partial charge in [0.25, 0.3) is 0 Å². The van der Waals surface area contributed by atoms with Crippen LogP contribution in [0.15, 0.2) is 18.2 Å². The molecule has 0 radical (unpaired) electrons. The van der Waals surface area contributed by atoms with E-state index in [1.807, 2.05) is 0 Å². The predicted octanol–water partition coefficient (Wildman–Crippen LogP) is 1.46. The lowest BCUT2D eigenvalue weighted by Gasteiger charge is -2.21. The molecule has 1 aliphatic heterocycles. The third-order valence-corrected chi connectivity index (χ3v) is 3.09. The molecule has 0 bridgehead atoms. The number of amides is 1. The van der Waals surface area contributed by atoms with E-state index >= 15 is 0 Å². The highest BCUT2D eigenvalue weighted by Gasteiger charge is 2.22. The molecule has 0 saturated heterocycles. The summed E-state index contributed by atoms with van der Waals surface area (Å²) >= 11 is 0. The van der Waals surface area contributed by atoms with Gasteiger partial charge in [-0.15, -0.1) is 0 Å². The van der Waals surface area contributed by atoms with E-state index in [9.17, 15) is 14.7 Å². The molecule has 1 N–H and O–H groups in total. The van der Waals surface area contributed by atoms with Crippen molar-refractivity contribution < 1.29 is 24.2 Å². The number of benzene rings is 1. The summed E-state index contributed by atoms with van der Waals surface area (Å²) in [4.78, 5) is 24.9. The number of fused-ring (bicyclic) bond motifs is 1. The molecule has 0 aromatic heterocycles. The summed E-state index contributed by atoms with van der Waals surface area (Å²) in [5.74, 6) is 0.00437. The quantitative estimate of drug-likeness (QED) is 0.848. The molecule has 1 heterocycles. The third kappa shape index (κ3) is 3.20. The van der Waals surface area contributed by atoms with Crippen molar-refractivity contribution in [3.63, 3.8) is 0 Å². The molecule has 1 aromatic rings. The van der Waals surface area contributed by atoms with Crippen molar-refractivity contribution in [2.75, 3.05) is 25.2 Å². The predicted molar refractivity (Wildman–Crippen MR) is 71.8 cm³/mol.